The van der Waals surface area contributed by atoms with E-state index in [1.54, 1.807) is 0 Å². The van der Waals surface area contributed by atoms with Gasteiger partial charge in [0.25, 0.3) is 0 Å². The Morgan fingerprint density at radius 3 is 2.05 bits per heavy atom. The number of rotatable bonds is 4. The quantitative estimate of drug-likeness (QED) is 0.773. The van der Waals surface area contributed by atoms with Crippen molar-refractivity contribution in [3.05, 3.63) is 34.4 Å². The fraction of sp³-hybridized carbons (Fsp3) is 0.667. The number of likely N-dealkylation sites (tertiary alicyclic amines) is 1. The summed E-state index contributed by atoms with van der Waals surface area (Å²) < 4.78 is 0. The Labute approximate surface area is 119 Å². The van der Waals surface area contributed by atoms with Crippen molar-refractivity contribution in [1.29, 1.82) is 0 Å². The number of benzene rings is 1. The van der Waals surface area contributed by atoms with Crippen molar-refractivity contribution in [3.8, 4) is 0 Å². The van der Waals surface area contributed by atoms with Gasteiger partial charge in [0.2, 0.25) is 0 Å². The highest BCUT2D eigenvalue weighted by molar-refractivity contribution is 5.36. The second-order valence-electron chi connectivity index (χ2n) is 6.21. The predicted molar refractivity (Wildman–Crippen MR) is 83.9 cm³/mol. The van der Waals surface area contributed by atoms with E-state index in [0.717, 1.165) is 0 Å². The van der Waals surface area contributed by atoms with E-state index in [1.807, 2.05) is 0 Å². The van der Waals surface area contributed by atoms with Crippen LogP contribution in [-0.4, -0.2) is 24.5 Å². The van der Waals surface area contributed by atoms with Crippen molar-refractivity contribution in [2.24, 2.45) is 0 Å². The van der Waals surface area contributed by atoms with Crippen LogP contribution in [0.5, 0.6) is 0 Å². The Bertz CT molecular complexity index is 377. The normalized spacial score (nSPS) is 17.4. The molecule has 1 heteroatoms. The van der Waals surface area contributed by atoms with Gasteiger partial charge in [0.05, 0.1) is 0 Å². The number of nitrogens with zero attached hydrogens (tertiary/aromatic N) is 1. The molecule has 1 aliphatic heterocycles. The zero-order valence-corrected chi connectivity index (χ0v) is 13.0. The van der Waals surface area contributed by atoms with Crippen LogP contribution in [0.4, 0.5) is 0 Å². The molecule has 0 aliphatic carbocycles. The van der Waals surface area contributed by atoms with Gasteiger partial charge in [0.1, 0.15) is 0 Å². The molecule has 106 valence electrons. The number of hydrogen-bond donors (Lipinski definition) is 0. The molecule has 1 heterocycles. The van der Waals surface area contributed by atoms with Gasteiger partial charge in [0, 0.05) is 0 Å². The van der Waals surface area contributed by atoms with Crippen LogP contribution in [0.2, 0.25) is 0 Å². The lowest BCUT2D eigenvalue weighted by atomic mass is 9.98. The molecular weight excluding hydrogens is 230 g/mol. The molecule has 19 heavy (non-hydrogen) atoms. The van der Waals surface area contributed by atoms with Crippen molar-refractivity contribution >= 4 is 0 Å². The molecule has 2 rings (SSSR count). The van der Waals surface area contributed by atoms with Crippen molar-refractivity contribution in [3.63, 3.8) is 0 Å². The van der Waals surface area contributed by atoms with Crippen LogP contribution in [0.1, 0.15) is 54.4 Å². The fourth-order valence-corrected chi connectivity index (χ4v) is 3.14. The second kappa shape index (κ2) is 7.09. The first-order valence-electron chi connectivity index (χ1n) is 7.96. The van der Waals surface area contributed by atoms with Crippen LogP contribution >= 0.6 is 0 Å². The molecule has 0 unspecified atom stereocenters. The summed E-state index contributed by atoms with van der Waals surface area (Å²) in [5.74, 6) is 0. The number of aryl methyl sites for hydroxylation is 3. The maximum Gasteiger partial charge on any atom is -0.00156 e. The lowest BCUT2D eigenvalue weighted by Crippen LogP contribution is -2.26. The summed E-state index contributed by atoms with van der Waals surface area (Å²) in [6.45, 7) is 10.6. The third-order valence-electron chi connectivity index (χ3n) is 4.63. The maximum absolute atomic E-state index is 2.67. The van der Waals surface area contributed by atoms with Crippen LogP contribution in [0, 0.1) is 20.8 Å². The summed E-state index contributed by atoms with van der Waals surface area (Å²) in [6, 6.07) is 4.76. The molecule has 0 saturated carbocycles. The summed E-state index contributed by atoms with van der Waals surface area (Å²) in [5.41, 5.74) is 5.88. The topological polar surface area (TPSA) is 3.24 Å². The Balaban J connectivity index is 1.82. The molecule has 0 atom stereocenters. The average molecular weight is 259 g/mol. The van der Waals surface area contributed by atoms with Crippen LogP contribution < -0.4 is 0 Å². The third-order valence-corrected chi connectivity index (χ3v) is 4.63. The largest absolute Gasteiger partial charge is 0.303 e. The van der Waals surface area contributed by atoms with Gasteiger partial charge in [0.15, 0.2) is 0 Å². The van der Waals surface area contributed by atoms with Gasteiger partial charge in [-0.15, -0.1) is 0 Å². The minimum Gasteiger partial charge on any atom is -0.303 e. The molecule has 0 radical (unpaired) electrons. The minimum atomic E-state index is 1.23. The lowest BCUT2D eigenvalue weighted by molar-refractivity contribution is 0.281. The molecule has 0 spiro atoms. The highest BCUT2D eigenvalue weighted by Gasteiger charge is 2.08. The Hall–Kier alpha value is -0.820. The van der Waals surface area contributed by atoms with Crippen molar-refractivity contribution in [1.82, 2.24) is 4.90 Å². The van der Waals surface area contributed by atoms with Crippen molar-refractivity contribution < 1.29 is 0 Å². The van der Waals surface area contributed by atoms with E-state index in [2.05, 4.69) is 37.8 Å². The molecule has 0 bridgehead atoms. The van der Waals surface area contributed by atoms with E-state index in [1.165, 1.54) is 80.4 Å². The average Bonchev–Trinajstić information content (AvgIpc) is 2.64. The zero-order chi connectivity index (χ0) is 13.7. The fourth-order valence-electron chi connectivity index (χ4n) is 3.14. The van der Waals surface area contributed by atoms with Gasteiger partial charge in [-0.1, -0.05) is 25.0 Å². The van der Waals surface area contributed by atoms with E-state index < -0.39 is 0 Å². The van der Waals surface area contributed by atoms with Gasteiger partial charge in [-0.05, 0) is 88.3 Å². The Kier molecular flexibility index (Phi) is 5.45. The van der Waals surface area contributed by atoms with Gasteiger partial charge < -0.3 is 4.90 Å². The Morgan fingerprint density at radius 1 is 0.895 bits per heavy atom. The van der Waals surface area contributed by atoms with Gasteiger partial charge in [-0.25, -0.2) is 0 Å². The van der Waals surface area contributed by atoms with E-state index in [4.69, 9.17) is 0 Å². The first-order valence-corrected chi connectivity index (χ1v) is 7.96. The molecule has 0 N–H and O–H groups in total. The third kappa shape index (κ3) is 4.35. The summed E-state index contributed by atoms with van der Waals surface area (Å²) in [4.78, 5) is 2.67. The highest BCUT2D eigenvalue weighted by atomic mass is 15.1. The minimum absolute atomic E-state index is 1.23. The Morgan fingerprint density at radius 2 is 1.47 bits per heavy atom. The molecule has 1 aliphatic rings. The maximum atomic E-state index is 2.67. The molecule has 1 aromatic carbocycles. The summed E-state index contributed by atoms with van der Waals surface area (Å²) in [6.07, 6.45) is 8.23. The molecule has 1 aromatic rings. The lowest BCUT2D eigenvalue weighted by Gasteiger charge is -2.19. The van der Waals surface area contributed by atoms with Crippen LogP contribution in [0.25, 0.3) is 0 Å². The molecule has 0 aromatic heterocycles. The molecule has 1 fully saturated rings. The first-order chi connectivity index (χ1) is 9.16. The smallest absolute Gasteiger partial charge is 0.00156 e. The summed E-state index contributed by atoms with van der Waals surface area (Å²) >= 11 is 0. The van der Waals surface area contributed by atoms with Gasteiger partial charge in [-0.2, -0.15) is 0 Å². The van der Waals surface area contributed by atoms with Gasteiger partial charge in [-0.3, -0.25) is 0 Å². The number of hydrogen-bond acceptors (Lipinski definition) is 1. The van der Waals surface area contributed by atoms with E-state index in [0.29, 0.717) is 0 Å². The van der Waals surface area contributed by atoms with E-state index in [9.17, 15) is 0 Å². The van der Waals surface area contributed by atoms with E-state index >= 15 is 0 Å². The summed E-state index contributed by atoms with van der Waals surface area (Å²) in [7, 11) is 0. The SMILES string of the molecule is Cc1cc(CCCN2CCCCCC2)cc(C)c1C. The standard InChI is InChI=1S/C18H29N/c1-15-13-18(14-16(2)17(15)3)9-8-12-19-10-6-4-5-7-11-19/h13-14H,4-12H2,1-3H3. The highest BCUT2D eigenvalue weighted by Crippen LogP contribution is 2.17. The van der Waals surface area contributed by atoms with Crippen LogP contribution in [0.3, 0.4) is 0 Å². The van der Waals surface area contributed by atoms with Crippen LogP contribution in [-0.2, 0) is 6.42 Å². The zero-order valence-electron chi connectivity index (χ0n) is 13.0. The van der Waals surface area contributed by atoms with Crippen LogP contribution in [0.15, 0.2) is 12.1 Å². The van der Waals surface area contributed by atoms with E-state index in [-0.39, 0.29) is 0 Å². The first kappa shape index (κ1) is 14.6. The molecule has 1 saturated heterocycles. The van der Waals surface area contributed by atoms with Crippen molar-refractivity contribution in [2.75, 3.05) is 19.6 Å². The second-order valence-corrected chi connectivity index (χ2v) is 6.21. The van der Waals surface area contributed by atoms with Gasteiger partial charge >= 0.3 is 0 Å². The summed E-state index contributed by atoms with van der Waals surface area (Å²) in [5, 5.41) is 0. The monoisotopic (exact) mass is 259 g/mol. The molecular formula is C18H29N. The predicted octanol–water partition coefficient (Wildman–Crippen LogP) is 4.42. The molecule has 1 nitrogen and oxygen atoms in total. The van der Waals surface area contributed by atoms with Crippen molar-refractivity contribution in [2.45, 2.75) is 59.3 Å². The molecule has 0 amide bonds.